The van der Waals surface area contributed by atoms with Crippen molar-refractivity contribution >= 4 is 38.9 Å². The lowest BCUT2D eigenvalue weighted by Gasteiger charge is -1.99. The summed E-state index contributed by atoms with van der Waals surface area (Å²) in [4.78, 5) is 0. The predicted octanol–water partition coefficient (Wildman–Crippen LogP) is 3.92. The summed E-state index contributed by atoms with van der Waals surface area (Å²) in [6, 6.07) is 6.54. The van der Waals surface area contributed by atoms with Crippen LogP contribution in [0.2, 0.25) is 5.02 Å². The highest BCUT2D eigenvalue weighted by Crippen LogP contribution is 2.29. The van der Waals surface area contributed by atoms with E-state index in [9.17, 15) is 0 Å². The Kier molecular flexibility index (Phi) is 4.17. The summed E-state index contributed by atoms with van der Waals surface area (Å²) < 4.78 is 0.960. The standard InChI is InChI=1S/C13H13BrClN3S/c14-9-5-8(6-10(15)7-9)13-18-17-12(19-13)3-4-16-11-1-2-11/h5-7,11,16H,1-4H2. The molecule has 3 nitrogen and oxygen atoms in total. The first-order valence-corrected chi connectivity index (χ1v) is 8.22. The molecule has 1 aromatic carbocycles. The molecule has 1 aliphatic rings. The van der Waals surface area contributed by atoms with Crippen molar-refractivity contribution in [1.29, 1.82) is 0 Å². The van der Waals surface area contributed by atoms with Crippen molar-refractivity contribution in [2.24, 2.45) is 0 Å². The van der Waals surface area contributed by atoms with Gasteiger partial charge in [0.05, 0.1) is 0 Å². The van der Waals surface area contributed by atoms with E-state index in [1.807, 2.05) is 18.2 Å². The van der Waals surface area contributed by atoms with Gasteiger partial charge in [0.1, 0.15) is 10.0 Å². The van der Waals surface area contributed by atoms with Gasteiger partial charge >= 0.3 is 0 Å². The van der Waals surface area contributed by atoms with Gasteiger partial charge in [-0.2, -0.15) is 0 Å². The predicted molar refractivity (Wildman–Crippen MR) is 82.8 cm³/mol. The number of nitrogens with one attached hydrogen (secondary N) is 1. The van der Waals surface area contributed by atoms with E-state index < -0.39 is 0 Å². The first kappa shape index (κ1) is 13.5. The number of hydrogen-bond donors (Lipinski definition) is 1. The van der Waals surface area contributed by atoms with Gasteiger partial charge in [-0.3, -0.25) is 0 Å². The lowest BCUT2D eigenvalue weighted by molar-refractivity contribution is 0.677. The normalized spacial score (nSPS) is 14.8. The molecule has 0 spiro atoms. The molecule has 0 amide bonds. The quantitative estimate of drug-likeness (QED) is 0.880. The molecule has 2 aromatic rings. The maximum absolute atomic E-state index is 6.05. The van der Waals surface area contributed by atoms with E-state index in [-0.39, 0.29) is 0 Å². The van der Waals surface area contributed by atoms with E-state index in [2.05, 4.69) is 31.4 Å². The summed E-state index contributed by atoms with van der Waals surface area (Å²) in [6.07, 6.45) is 3.58. The molecule has 0 unspecified atom stereocenters. The van der Waals surface area contributed by atoms with Crippen LogP contribution in [0.5, 0.6) is 0 Å². The minimum absolute atomic E-state index is 0.705. The highest BCUT2D eigenvalue weighted by atomic mass is 79.9. The fourth-order valence-electron chi connectivity index (χ4n) is 1.82. The molecule has 6 heteroatoms. The Morgan fingerprint density at radius 1 is 1.32 bits per heavy atom. The highest BCUT2D eigenvalue weighted by molar-refractivity contribution is 9.10. The first-order valence-electron chi connectivity index (χ1n) is 6.23. The SMILES string of the molecule is Clc1cc(Br)cc(-c2nnc(CCNC3CC3)s2)c1. The van der Waals surface area contributed by atoms with E-state index in [1.54, 1.807) is 11.3 Å². The number of hydrogen-bond acceptors (Lipinski definition) is 4. The summed E-state index contributed by atoms with van der Waals surface area (Å²) in [6.45, 7) is 0.985. The molecule has 19 heavy (non-hydrogen) atoms. The smallest absolute Gasteiger partial charge is 0.147 e. The highest BCUT2D eigenvalue weighted by Gasteiger charge is 2.20. The number of halogens is 2. The van der Waals surface area contributed by atoms with Gasteiger partial charge in [-0.15, -0.1) is 10.2 Å². The van der Waals surface area contributed by atoms with E-state index >= 15 is 0 Å². The Labute approximate surface area is 129 Å². The number of nitrogens with zero attached hydrogens (tertiary/aromatic N) is 2. The lowest BCUT2D eigenvalue weighted by Crippen LogP contribution is -2.19. The maximum Gasteiger partial charge on any atom is 0.147 e. The van der Waals surface area contributed by atoms with Crippen LogP contribution >= 0.6 is 38.9 Å². The molecule has 1 fully saturated rings. The molecular formula is C13H13BrClN3S. The largest absolute Gasteiger partial charge is 0.314 e. The Morgan fingerprint density at radius 2 is 2.16 bits per heavy atom. The van der Waals surface area contributed by atoms with Crippen LogP contribution in [0.4, 0.5) is 0 Å². The lowest BCUT2D eigenvalue weighted by atomic mass is 10.2. The van der Waals surface area contributed by atoms with Crippen LogP contribution in [-0.2, 0) is 6.42 Å². The summed E-state index contributed by atoms with van der Waals surface area (Å²) >= 11 is 11.1. The van der Waals surface area contributed by atoms with Crippen molar-refractivity contribution in [1.82, 2.24) is 15.5 Å². The van der Waals surface area contributed by atoms with Crippen LogP contribution in [0.15, 0.2) is 22.7 Å². The number of benzene rings is 1. The molecule has 0 bridgehead atoms. The molecular weight excluding hydrogens is 346 g/mol. The van der Waals surface area contributed by atoms with Crippen molar-refractivity contribution < 1.29 is 0 Å². The molecule has 3 rings (SSSR count). The second kappa shape index (κ2) is 5.87. The first-order chi connectivity index (χ1) is 9.20. The van der Waals surface area contributed by atoms with Gasteiger partial charge in [0.2, 0.25) is 0 Å². The van der Waals surface area contributed by atoms with Crippen molar-refractivity contribution in [3.8, 4) is 10.6 Å². The van der Waals surface area contributed by atoms with Gasteiger partial charge in [0.15, 0.2) is 0 Å². The second-order valence-electron chi connectivity index (χ2n) is 4.64. The maximum atomic E-state index is 6.05. The van der Waals surface area contributed by atoms with E-state index in [0.29, 0.717) is 5.02 Å². The van der Waals surface area contributed by atoms with Gasteiger partial charge in [0.25, 0.3) is 0 Å². The third-order valence-electron chi connectivity index (χ3n) is 2.93. The monoisotopic (exact) mass is 357 g/mol. The van der Waals surface area contributed by atoms with Crippen molar-refractivity contribution in [3.63, 3.8) is 0 Å². The van der Waals surface area contributed by atoms with Crippen LogP contribution in [-0.4, -0.2) is 22.8 Å². The van der Waals surface area contributed by atoms with E-state index in [4.69, 9.17) is 11.6 Å². The third-order valence-corrected chi connectivity index (χ3v) is 4.63. The van der Waals surface area contributed by atoms with Crippen LogP contribution in [0, 0.1) is 0 Å². The van der Waals surface area contributed by atoms with Crippen molar-refractivity contribution in [2.75, 3.05) is 6.54 Å². The van der Waals surface area contributed by atoms with Gasteiger partial charge in [-0.25, -0.2) is 0 Å². The Balaban J connectivity index is 1.68. The van der Waals surface area contributed by atoms with E-state index in [0.717, 1.165) is 39.1 Å². The van der Waals surface area contributed by atoms with Gasteiger partial charge in [-0.05, 0) is 31.0 Å². The average Bonchev–Trinajstić information content (AvgIpc) is 3.04. The van der Waals surface area contributed by atoms with Crippen LogP contribution < -0.4 is 5.32 Å². The number of aromatic nitrogens is 2. The average molecular weight is 359 g/mol. The summed E-state index contributed by atoms with van der Waals surface area (Å²) in [5.41, 5.74) is 1.01. The molecule has 1 aromatic heterocycles. The molecule has 0 atom stereocenters. The fraction of sp³-hybridized carbons (Fsp3) is 0.385. The zero-order chi connectivity index (χ0) is 13.2. The van der Waals surface area contributed by atoms with Gasteiger partial charge in [-0.1, -0.05) is 38.9 Å². The van der Waals surface area contributed by atoms with Crippen LogP contribution in [0.3, 0.4) is 0 Å². The Morgan fingerprint density at radius 3 is 2.89 bits per heavy atom. The molecule has 1 aliphatic carbocycles. The molecule has 0 saturated heterocycles. The second-order valence-corrected chi connectivity index (χ2v) is 7.05. The zero-order valence-corrected chi connectivity index (χ0v) is 13.4. The summed E-state index contributed by atoms with van der Waals surface area (Å²) in [5, 5.41) is 14.7. The molecule has 100 valence electrons. The molecule has 1 N–H and O–H groups in total. The van der Waals surface area contributed by atoms with Crippen molar-refractivity contribution in [3.05, 3.63) is 32.7 Å². The van der Waals surface area contributed by atoms with Crippen LogP contribution in [0.25, 0.3) is 10.6 Å². The summed E-state index contributed by atoms with van der Waals surface area (Å²) in [5.74, 6) is 0. The Bertz CT molecular complexity index is 563. The molecule has 1 heterocycles. The van der Waals surface area contributed by atoms with E-state index in [1.165, 1.54) is 12.8 Å². The minimum atomic E-state index is 0.705. The molecule has 0 aliphatic heterocycles. The van der Waals surface area contributed by atoms with Gasteiger partial charge in [0, 0.05) is 34.1 Å². The van der Waals surface area contributed by atoms with Crippen molar-refractivity contribution in [2.45, 2.75) is 25.3 Å². The zero-order valence-electron chi connectivity index (χ0n) is 10.2. The minimum Gasteiger partial charge on any atom is -0.314 e. The fourth-order valence-corrected chi connectivity index (χ4v) is 3.51. The molecule has 0 radical (unpaired) electrons. The van der Waals surface area contributed by atoms with Crippen LogP contribution in [0.1, 0.15) is 17.8 Å². The number of rotatable bonds is 5. The third kappa shape index (κ3) is 3.75. The topological polar surface area (TPSA) is 37.8 Å². The summed E-state index contributed by atoms with van der Waals surface area (Å²) in [7, 11) is 0. The van der Waals surface area contributed by atoms with Gasteiger partial charge < -0.3 is 5.32 Å². The molecule has 1 saturated carbocycles. The Hall–Kier alpha value is -0.490.